The Labute approximate surface area is 194 Å². The minimum Gasteiger partial charge on any atom is -0.432 e. The first-order valence-corrected chi connectivity index (χ1v) is 10.7. The van der Waals surface area contributed by atoms with Crippen molar-refractivity contribution in [3.05, 3.63) is 65.2 Å². The molecule has 184 valence electrons. The van der Waals surface area contributed by atoms with Crippen LogP contribution in [0.2, 0.25) is 0 Å². The largest absolute Gasteiger partial charge is 0.432 e. The van der Waals surface area contributed by atoms with E-state index in [2.05, 4.69) is 0 Å². The zero-order valence-corrected chi connectivity index (χ0v) is 18.7. The number of amides is 1. The second-order valence-corrected chi connectivity index (χ2v) is 8.52. The summed E-state index contributed by atoms with van der Waals surface area (Å²) in [5.74, 6) is -4.43. The lowest BCUT2D eigenvalue weighted by atomic mass is 10.1. The predicted molar refractivity (Wildman–Crippen MR) is 114 cm³/mol. The highest BCUT2D eigenvalue weighted by Gasteiger charge is 2.40. The molecule has 0 unspecified atom stereocenters. The van der Waals surface area contributed by atoms with E-state index < -0.39 is 47.2 Å². The van der Waals surface area contributed by atoms with Crippen LogP contribution in [0.5, 0.6) is 0 Å². The number of carbonyl (C=O) groups is 2. The average molecular weight is 483 g/mol. The zero-order valence-electron chi connectivity index (χ0n) is 18.7. The maximum Gasteiger partial charge on any atom is 0.337 e. The first kappa shape index (κ1) is 25.6. The maximum absolute atomic E-state index is 13.0. The Kier molecular flexibility index (Phi) is 7.93. The topological polar surface area (TPSA) is 76.1 Å². The van der Waals surface area contributed by atoms with Crippen molar-refractivity contribution >= 4 is 17.6 Å². The summed E-state index contributed by atoms with van der Waals surface area (Å²) in [6, 6.07) is 6.30. The van der Waals surface area contributed by atoms with Crippen molar-refractivity contribution in [3.8, 4) is 0 Å². The summed E-state index contributed by atoms with van der Waals surface area (Å²) in [4.78, 5) is 24.0. The Morgan fingerprint density at radius 2 is 1.53 bits per heavy atom. The Balaban J connectivity index is 0.000000196. The van der Waals surface area contributed by atoms with Gasteiger partial charge in [0.25, 0.3) is 5.91 Å². The van der Waals surface area contributed by atoms with Gasteiger partial charge in [-0.05, 0) is 49.1 Å². The number of halogens is 4. The van der Waals surface area contributed by atoms with Gasteiger partial charge in [0, 0.05) is 44.6 Å². The highest BCUT2D eigenvalue weighted by molar-refractivity contribution is 5.98. The third-order valence-electron chi connectivity index (χ3n) is 5.23. The van der Waals surface area contributed by atoms with Crippen molar-refractivity contribution in [1.29, 1.82) is 0 Å². The van der Waals surface area contributed by atoms with E-state index in [1.165, 1.54) is 17.0 Å². The lowest BCUT2D eigenvalue weighted by Crippen LogP contribution is -2.29. The maximum atomic E-state index is 13.0. The van der Waals surface area contributed by atoms with E-state index >= 15 is 0 Å². The van der Waals surface area contributed by atoms with Gasteiger partial charge in [0.15, 0.2) is 6.10 Å². The van der Waals surface area contributed by atoms with Gasteiger partial charge in [0.05, 0.1) is 0 Å². The number of hydrogen-bond acceptors (Lipinski definition) is 5. The van der Waals surface area contributed by atoms with Crippen LogP contribution in [0.15, 0.2) is 36.4 Å². The van der Waals surface area contributed by atoms with Crippen LogP contribution in [-0.4, -0.2) is 41.5 Å². The average Bonchev–Trinajstić information content (AvgIpc) is 3.18. The number of nitrogens with zero attached hydrogens (tertiary/aromatic N) is 1. The second kappa shape index (κ2) is 10.5. The van der Waals surface area contributed by atoms with Crippen LogP contribution < -0.4 is 4.90 Å². The third-order valence-corrected chi connectivity index (χ3v) is 5.23. The summed E-state index contributed by atoms with van der Waals surface area (Å²) in [5.41, 5.74) is 0.720. The fourth-order valence-electron chi connectivity index (χ4n) is 3.76. The second-order valence-electron chi connectivity index (χ2n) is 8.52. The van der Waals surface area contributed by atoms with Gasteiger partial charge in [-0.15, -0.1) is 0 Å². The molecule has 2 aliphatic rings. The van der Waals surface area contributed by atoms with E-state index in [4.69, 9.17) is 9.47 Å². The molecule has 6 nitrogen and oxygen atoms in total. The van der Waals surface area contributed by atoms with Crippen LogP contribution in [0.1, 0.15) is 38.7 Å². The van der Waals surface area contributed by atoms with Crippen LogP contribution in [0.25, 0.3) is 0 Å². The number of rotatable bonds is 5. The van der Waals surface area contributed by atoms with Crippen molar-refractivity contribution in [2.24, 2.45) is 0 Å². The standard InChI is InChI=1S/C14H16F2O3.C10H9F2NO2/c1-14(2)18-12(13(17)19-14)5-3-4-9-6-10(15)8-11(16)7-9;11-6-3-7(12)5-8(4-6)13-2-1-9(14)10(13)15/h6-8,12H,3-5H2,1-2H3;3-5,9,14H,1-2H2/t12-;9-/m11/s1. The molecule has 2 aliphatic heterocycles. The number of aryl methyl sites for hydroxylation is 1. The molecule has 0 bridgehead atoms. The van der Waals surface area contributed by atoms with Gasteiger partial charge >= 0.3 is 5.97 Å². The fraction of sp³-hybridized carbons (Fsp3) is 0.417. The molecule has 2 heterocycles. The molecule has 0 aromatic heterocycles. The number of benzene rings is 2. The van der Waals surface area contributed by atoms with Crippen LogP contribution in [0.4, 0.5) is 23.2 Å². The van der Waals surface area contributed by atoms with E-state index in [-0.39, 0.29) is 24.6 Å². The predicted octanol–water partition coefficient (Wildman–Crippen LogP) is 4.03. The molecule has 0 radical (unpaired) electrons. The number of aliphatic hydroxyl groups is 1. The molecule has 0 aliphatic carbocycles. The van der Waals surface area contributed by atoms with Gasteiger partial charge < -0.3 is 19.5 Å². The first-order valence-electron chi connectivity index (χ1n) is 10.7. The molecule has 34 heavy (non-hydrogen) atoms. The lowest BCUT2D eigenvalue weighted by Gasteiger charge is -2.15. The molecule has 4 rings (SSSR count). The lowest BCUT2D eigenvalue weighted by molar-refractivity contribution is -0.160. The van der Waals surface area contributed by atoms with Crippen LogP contribution in [0, 0.1) is 23.3 Å². The summed E-state index contributed by atoms with van der Waals surface area (Å²) < 4.78 is 62.1. The van der Waals surface area contributed by atoms with Crippen molar-refractivity contribution in [3.63, 3.8) is 0 Å². The molecule has 10 heteroatoms. The number of esters is 1. The van der Waals surface area contributed by atoms with Gasteiger partial charge in [0.1, 0.15) is 29.4 Å². The number of aliphatic hydroxyl groups excluding tert-OH is 1. The molecule has 0 saturated carbocycles. The molecule has 0 spiro atoms. The number of cyclic esters (lactones) is 1. The Morgan fingerprint density at radius 3 is 2.00 bits per heavy atom. The van der Waals surface area contributed by atoms with Crippen molar-refractivity contribution in [1.82, 2.24) is 0 Å². The van der Waals surface area contributed by atoms with Gasteiger partial charge in [-0.1, -0.05) is 0 Å². The smallest absolute Gasteiger partial charge is 0.337 e. The molecular formula is C24H25F4NO5. The SMILES string of the molecule is CC1(C)OC(=O)[C@@H](CCCc2cc(F)cc(F)c2)O1.O=C1[C@H](O)CCN1c1cc(F)cc(F)c1. The summed E-state index contributed by atoms with van der Waals surface area (Å²) >= 11 is 0. The monoisotopic (exact) mass is 483 g/mol. The van der Waals surface area contributed by atoms with Crippen LogP contribution in [0.3, 0.4) is 0 Å². The van der Waals surface area contributed by atoms with Gasteiger partial charge in [-0.25, -0.2) is 22.4 Å². The molecule has 2 aromatic carbocycles. The molecule has 2 aromatic rings. The number of carbonyl (C=O) groups excluding carboxylic acids is 2. The summed E-state index contributed by atoms with van der Waals surface area (Å²) in [7, 11) is 0. The van der Waals surface area contributed by atoms with Gasteiger partial charge in [0.2, 0.25) is 5.79 Å². The molecule has 1 N–H and O–H groups in total. The minimum absolute atomic E-state index is 0.147. The van der Waals surface area contributed by atoms with E-state index in [0.717, 1.165) is 24.3 Å². The molecule has 2 fully saturated rings. The van der Waals surface area contributed by atoms with Crippen LogP contribution >= 0.6 is 0 Å². The van der Waals surface area contributed by atoms with E-state index in [0.29, 0.717) is 24.8 Å². The van der Waals surface area contributed by atoms with Crippen molar-refractivity contribution in [2.45, 2.75) is 57.5 Å². The highest BCUT2D eigenvalue weighted by atomic mass is 19.1. The Bertz CT molecular complexity index is 1020. The van der Waals surface area contributed by atoms with Crippen LogP contribution in [-0.2, 0) is 25.5 Å². The summed E-state index contributed by atoms with van der Waals surface area (Å²) in [5, 5.41) is 9.19. The Morgan fingerprint density at radius 1 is 0.971 bits per heavy atom. The third kappa shape index (κ3) is 6.77. The molecule has 1 amide bonds. The highest BCUT2D eigenvalue weighted by Crippen LogP contribution is 2.27. The van der Waals surface area contributed by atoms with Gasteiger partial charge in [-0.2, -0.15) is 0 Å². The van der Waals surface area contributed by atoms with E-state index in [1.807, 2.05) is 0 Å². The summed E-state index contributed by atoms with van der Waals surface area (Å²) in [6.45, 7) is 3.63. The molecule has 2 saturated heterocycles. The van der Waals surface area contributed by atoms with Crippen molar-refractivity contribution in [2.75, 3.05) is 11.4 Å². The fourth-order valence-corrected chi connectivity index (χ4v) is 3.76. The zero-order chi connectivity index (χ0) is 25.0. The quantitative estimate of drug-likeness (QED) is 0.514. The first-order chi connectivity index (χ1) is 15.9. The molecule has 2 atom stereocenters. The normalized spacial score (nSPS) is 21.3. The number of hydrogen-bond donors (Lipinski definition) is 1. The van der Waals surface area contributed by atoms with E-state index in [9.17, 15) is 32.3 Å². The summed E-state index contributed by atoms with van der Waals surface area (Å²) in [6.07, 6.45) is 0.197. The minimum atomic E-state index is -1.06. The Hall–Kier alpha value is -2.98. The number of anilines is 1. The molecular weight excluding hydrogens is 458 g/mol. The number of ether oxygens (including phenoxy) is 2. The van der Waals surface area contributed by atoms with Crippen molar-refractivity contribution < 1.29 is 41.7 Å². The van der Waals surface area contributed by atoms with Gasteiger partial charge in [-0.3, -0.25) is 4.79 Å². The van der Waals surface area contributed by atoms with E-state index in [1.54, 1.807) is 13.8 Å².